The summed E-state index contributed by atoms with van der Waals surface area (Å²) in [6.07, 6.45) is 4.03. The highest BCUT2D eigenvalue weighted by Crippen LogP contribution is 2.42. The van der Waals surface area contributed by atoms with Gasteiger partial charge in [-0.3, -0.25) is 9.59 Å². The molecule has 0 spiro atoms. The summed E-state index contributed by atoms with van der Waals surface area (Å²) >= 11 is 0. The molecular formula is C33H30N2O3. The van der Waals surface area contributed by atoms with Crippen LogP contribution in [0.2, 0.25) is 0 Å². The van der Waals surface area contributed by atoms with Gasteiger partial charge in [0.15, 0.2) is 0 Å². The molecule has 5 heteroatoms. The summed E-state index contributed by atoms with van der Waals surface area (Å²) in [4.78, 5) is 31.1. The summed E-state index contributed by atoms with van der Waals surface area (Å²) in [5.74, 6) is 0.606. The number of anilines is 2. The predicted molar refractivity (Wildman–Crippen MR) is 152 cm³/mol. The highest BCUT2D eigenvalue weighted by atomic mass is 16.5. The minimum Gasteiger partial charge on any atom is -0.497 e. The fourth-order valence-electron chi connectivity index (χ4n) is 5.07. The SMILES string of the molecule is COc1ccc(/C=C/C(=O)N2c3ccccc3[C@H](N(C(=O)c3ccccc3)c3ccccc3)C[C@@H]2C)cc1. The third-order valence-electron chi connectivity index (χ3n) is 6.92. The average Bonchev–Trinajstić information content (AvgIpc) is 2.97. The molecule has 0 radical (unpaired) electrons. The number of ether oxygens (including phenoxy) is 1. The lowest BCUT2D eigenvalue weighted by molar-refractivity contribution is -0.114. The van der Waals surface area contributed by atoms with Crippen LogP contribution in [0.3, 0.4) is 0 Å². The molecule has 0 saturated heterocycles. The molecule has 0 N–H and O–H groups in total. The largest absolute Gasteiger partial charge is 0.497 e. The minimum absolute atomic E-state index is 0.0667. The van der Waals surface area contributed by atoms with Crippen LogP contribution in [0.1, 0.15) is 40.9 Å². The Morgan fingerprint density at radius 2 is 1.47 bits per heavy atom. The second kappa shape index (κ2) is 11.2. The van der Waals surface area contributed by atoms with E-state index in [1.165, 1.54) is 0 Å². The first kappa shape index (κ1) is 25.0. The summed E-state index contributed by atoms with van der Waals surface area (Å²) < 4.78 is 5.22. The molecule has 1 aliphatic rings. The van der Waals surface area contributed by atoms with Crippen LogP contribution in [0.4, 0.5) is 11.4 Å². The van der Waals surface area contributed by atoms with Crippen molar-refractivity contribution in [3.8, 4) is 5.75 Å². The Balaban J connectivity index is 1.51. The Hall–Kier alpha value is -4.64. The lowest BCUT2D eigenvalue weighted by atomic mass is 9.89. The van der Waals surface area contributed by atoms with E-state index in [2.05, 4.69) is 0 Å². The van der Waals surface area contributed by atoms with Crippen molar-refractivity contribution in [2.24, 2.45) is 0 Å². The van der Waals surface area contributed by atoms with E-state index in [4.69, 9.17) is 4.74 Å². The van der Waals surface area contributed by atoms with Gasteiger partial charge in [0.25, 0.3) is 11.8 Å². The molecule has 4 aromatic rings. The van der Waals surface area contributed by atoms with Crippen LogP contribution >= 0.6 is 0 Å². The molecule has 0 fully saturated rings. The molecule has 2 atom stereocenters. The van der Waals surface area contributed by atoms with E-state index in [1.54, 1.807) is 13.2 Å². The van der Waals surface area contributed by atoms with E-state index >= 15 is 0 Å². The molecule has 0 bridgehead atoms. The molecule has 0 saturated carbocycles. The molecule has 5 rings (SSSR count). The first-order chi connectivity index (χ1) is 18.6. The van der Waals surface area contributed by atoms with Gasteiger partial charge in [-0.1, -0.05) is 66.7 Å². The third kappa shape index (κ3) is 5.09. The zero-order chi connectivity index (χ0) is 26.5. The summed E-state index contributed by atoms with van der Waals surface area (Å²) in [6.45, 7) is 2.04. The topological polar surface area (TPSA) is 49.9 Å². The summed E-state index contributed by atoms with van der Waals surface area (Å²) in [6, 6.07) is 34.2. The first-order valence-corrected chi connectivity index (χ1v) is 12.7. The monoisotopic (exact) mass is 502 g/mol. The van der Waals surface area contributed by atoms with Crippen LogP contribution in [0, 0.1) is 0 Å². The van der Waals surface area contributed by atoms with Crippen LogP contribution in [-0.2, 0) is 4.79 Å². The maximum Gasteiger partial charge on any atom is 0.258 e. The highest BCUT2D eigenvalue weighted by Gasteiger charge is 2.38. The second-order valence-electron chi connectivity index (χ2n) is 9.35. The van der Waals surface area contributed by atoms with Gasteiger partial charge in [-0.2, -0.15) is 0 Å². The fourth-order valence-corrected chi connectivity index (χ4v) is 5.07. The molecule has 190 valence electrons. The summed E-state index contributed by atoms with van der Waals surface area (Å²) in [7, 11) is 1.63. The van der Waals surface area contributed by atoms with Gasteiger partial charge >= 0.3 is 0 Å². The minimum atomic E-state index is -0.231. The number of fused-ring (bicyclic) bond motifs is 1. The number of amides is 2. The number of hydrogen-bond acceptors (Lipinski definition) is 3. The predicted octanol–water partition coefficient (Wildman–Crippen LogP) is 6.92. The lowest BCUT2D eigenvalue weighted by Crippen LogP contribution is -2.47. The molecule has 0 unspecified atom stereocenters. The van der Waals surface area contributed by atoms with Crippen LogP contribution < -0.4 is 14.5 Å². The Morgan fingerprint density at radius 1 is 0.842 bits per heavy atom. The van der Waals surface area contributed by atoms with E-state index in [-0.39, 0.29) is 23.9 Å². The number of benzene rings is 4. The van der Waals surface area contributed by atoms with Crippen LogP contribution in [-0.4, -0.2) is 25.0 Å². The van der Waals surface area contributed by atoms with Crippen molar-refractivity contribution in [3.05, 3.63) is 132 Å². The highest BCUT2D eigenvalue weighted by molar-refractivity contribution is 6.08. The van der Waals surface area contributed by atoms with Gasteiger partial charge < -0.3 is 14.5 Å². The molecule has 1 heterocycles. The summed E-state index contributed by atoms with van der Waals surface area (Å²) in [5.41, 5.74) is 4.14. The smallest absolute Gasteiger partial charge is 0.258 e. The Morgan fingerprint density at radius 3 is 2.16 bits per heavy atom. The number of methoxy groups -OCH3 is 1. The lowest BCUT2D eigenvalue weighted by Gasteiger charge is -2.43. The van der Waals surface area contributed by atoms with Crippen molar-refractivity contribution in [3.63, 3.8) is 0 Å². The molecule has 1 aliphatic heterocycles. The number of para-hydroxylation sites is 2. The molecule has 0 aliphatic carbocycles. The maximum atomic E-state index is 13.9. The zero-order valence-electron chi connectivity index (χ0n) is 21.5. The van der Waals surface area contributed by atoms with Crippen molar-refractivity contribution in [1.29, 1.82) is 0 Å². The molecule has 5 nitrogen and oxygen atoms in total. The zero-order valence-corrected chi connectivity index (χ0v) is 21.5. The van der Waals surface area contributed by atoms with Crippen LogP contribution in [0.15, 0.2) is 115 Å². The maximum absolute atomic E-state index is 13.9. The first-order valence-electron chi connectivity index (χ1n) is 12.7. The quantitative estimate of drug-likeness (QED) is 0.269. The molecule has 2 amide bonds. The van der Waals surface area contributed by atoms with Crippen LogP contribution in [0.25, 0.3) is 6.08 Å². The number of nitrogens with zero attached hydrogens (tertiary/aromatic N) is 2. The van der Waals surface area contributed by atoms with Crippen molar-refractivity contribution < 1.29 is 14.3 Å². The van der Waals surface area contributed by atoms with Crippen molar-refractivity contribution in [2.45, 2.75) is 25.4 Å². The second-order valence-corrected chi connectivity index (χ2v) is 9.35. The number of carbonyl (C=O) groups excluding carboxylic acids is 2. The van der Waals surface area contributed by atoms with E-state index in [0.717, 1.165) is 28.3 Å². The standard InChI is InChI=1S/C33H30N2O3/c1-24-23-31(35(27-13-7-4-8-14-27)33(37)26-11-5-3-6-12-26)29-15-9-10-16-30(29)34(24)32(36)22-19-25-17-20-28(38-2)21-18-25/h3-22,24,31H,23H2,1-2H3/b22-19+/t24-,31+/m0/s1. The Kier molecular flexibility index (Phi) is 7.36. The molecule has 38 heavy (non-hydrogen) atoms. The number of hydrogen-bond donors (Lipinski definition) is 0. The Bertz CT molecular complexity index is 1430. The third-order valence-corrected chi connectivity index (χ3v) is 6.92. The normalized spacial score (nSPS) is 16.6. The van der Waals surface area contributed by atoms with Gasteiger partial charge in [-0.25, -0.2) is 0 Å². The fraction of sp³-hybridized carbons (Fsp3) is 0.152. The average molecular weight is 503 g/mol. The summed E-state index contributed by atoms with van der Waals surface area (Å²) in [5, 5.41) is 0. The molecular weight excluding hydrogens is 472 g/mol. The van der Waals surface area contributed by atoms with E-state index < -0.39 is 0 Å². The van der Waals surface area contributed by atoms with Gasteiger partial charge in [0.2, 0.25) is 0 Å². The van der Waals surface area contributed by atoms with E-state index in [1.807, 2.05) is 132 Å². The van der Waals surface area contributed by atoms with E-state index in [0.29, 0.717) is 12.0 Å². The van der Waals surface area contributed by atoms with Crippen molar-refractivity contribution in [2.75, 3.05) is 16.9 Å². The van der Waals surface area contributed by atoms with E-state index in [9.17, 15) is 9.59 Å². The van der Waals surface area contributed by atoms with Gasteiger partial charge in [-0.15, -0.1) is 0 Å². The molecule has 4 aromatic carbocycles. The van der Waals surface area contributed by atoms with Gasteiger partial charge in [0, 0.05) is 29.1 Å². The van der Waals surface area contributed by atoms with Crippen molar-refractivity contribution in [1.82, 2.24) is 0 Å². The van der Waals surface area contributed by atoms with Gasteiger partial charge in [0.05, 0.1) is 13.2 Å². The number of rotatable bonds is 6. The van der Waals surface area contributed by atoms with Crippen LogP contribution in [0.5, 0.6) is 5.75 Å². The Labute approximate surface area is 223 Å². The van der Waals surface area contributed by atoms with Gasteiger partial charge in [-0.05, 0) is 73.0 Å². The van der Waals surface area contributed by atoms with Gasteiger partial charge in [0.1, 0.15) is 5.75 Å². The van der Waals surface area contributed by atoms with Crippen molar-refractivity contribution >= 4 is 29.3 Å². The number of carbonyl (C=O) groups is 2. The molecule has 0 aromatic heterocycles.